The minimum Gasteiger partial charge on any atom is -0.351 e. The Labute approximate surface area is 139 Å². The quantitative estimate of drug-likeness (QED) is 0.777. The topological polar surface area (TPSA) is 86.5 Å². The maximum absolute atomic E-state index is 12.7. The third-order valence-electron chi connectivity index (χ3n) is 4.86. The summed E-state index contributed by atoms with van der Waals surface area (Å²) >= 11 is 0. The van der Waals surface area contributed by atoms with Crippen molar-refractivity contribution in [1.29, 1.82) is 5.26 Å². The second-order valence-electron chi connectivity index (χ2n) is 6.53. The number of nitriles is 1. The van der Waals surface area contributed by atoms with Gasteiger partial charge in [-0.3, -0.25) is 9.48 Å². The van der Waals surface area contributed by atoms with E-state index in [-0.39, 0.29) is 11.4 Å². The van der Waals surface area contributed by atoms with Crippen molar-refractivity contribution in [2.45, 2.75) is 18.9 Å². The molecular weight excluding hydrogens is 302 g/mol. The van der Waals surface area contributed by atoms with E-state index in [2.05, 4.69) is 28.4 Å². The van der Waals surface area contributed by atoms with E-state index in [1.165, 1.54) is 0 Å². The molecule has 6 heteroatoms. The van der Waals surface area contributed by atoms with Crippen molar-refractivity contribution in [2.75, 3.05) is 0 Å². The lowest BCUT2D eigenvalue weighted by Gasteiger charge is -2.16. The van der Waals surface area contributed by atoms with Crippen LogP contribution in [0.3, 0.4) is 0 Å². The summed E-state index contributed by atoms with van der Waals surface area (Å²) in [6, 6.07) is 9.23. The Morgan fingerprint density at radius 3 is 2.92 bits per heavy atom. The number of hydrogen-bond donors (Lipinski definition) is 2. The van der Waals surface area contributed by atoms with Gasteiger partial charge in [-0.15, -0.1) is 0 Å². The summed E-state index contributed by atoms with van der Waals surface area (Å²) in [5.41, 5.74) is 2.63. The first-order valence-corrected chi connectivity index (χ1v) is 7.86. The highest BCUT2D eigenvalue weighted by Crippen LogP contribution is 2.51. The van der Waals surface area contributed by atoms with Crippen molar-refractivity contribution >= 4 is 16.8 Å². The average molecular weight is 319 g/mol. The van der Waals surface area contributed by atoms with E-state index < -0.39 is 0 Å². The number of carbonyl (C=O) groups excluding carboxylic acids is 1. The van der Waals surface area contributed by atoms with Crippen LogP contribution in [0.2, 0.25) is 0 Å². The zero-order chi connectivity index (χ0) is 16.9. The predicted octanol–water partition coefficient (Wildman–Crippen LogP) is 2.44. The van der Waals surface area contributed by atoms with Gasteiger partial charge >= 0.3 is 0 Å². The van der Waals surface area contributed by atoms with Crippen LogP contribution in [0.1, 0.15) is 35.0 Å². The van der Waals surface area contributed by atoms with Crippen LogP contribution in [-0.4, -0.2) is 20.7 Å². The Hall–Kier alpha value is -3.07. The first kappa shape index (κ1) is 14.5. The maximum atomic E-state index is 12.7. The number of rotatable bonds is 3. The molecule has 4 rings (SSSR count). The molecule has 2 aromatic heterocycles. The van der Waals surface area contributed by atoms with Gasteiger partial charge in [-0.1, -0.05) is 6.92 Å². The number of aromatic nitrogens is 3. The second kappa shape index (κ2) is 4.96. The molecule has 1 aliphatic rings. The van der Waals surface area contributed by atoms with Crippen LogP contribution in [0, 0.1) is 17.2 Å². The van der Waals surface area contributed by atoms with Gasteiger partial charge in [0.05, 0.1) is 23.4 Å². The van der Waals surface area contributed by atoms with Crippen molar-refractivity contribution in [2.24, 2.45) is 13.0 Å². The fourth-order valence-electron chi connectivity index (χ4n) is 3.32. The largest absolute Gasteiger partial charge is 0.351 e. The molecule has 1 fully saturated rings. The number of aryl methyl sites for hydroxylation is 1. The summed E-state index contributed by atoms with van der Waals surface area (Å²) < 4.78 is 1.75. The molecule has 3 aromatic rings. The number of fused-ring (bicyclic) bond motifs is 1. The van der Waals surface area contributed by atoms with Crippen molar-refractivity contribution in [1.82, 2.24) is 20.1 Å². The molecule has 0 radical (unpaired) electrons. The molecule has 1 aliphatic carbocycles. The number of carbonyl (C=O) groups is 1. The first-order chi connectivity index (χ1) is 11.5. The molecule has 2 N–H and O–H groups in total. The lowest BCUT2D eigenvalue weighted by Crippen LogP contribution is -2.36. The van der Waals surface area contributed by atoms with Crippen LogP contribution in [0.25, 0.3) is 10.9 Å². The Bertz CT molecular complexity index is 992. The SMILES string of the molecule is C[C@@H]1C[C@]1(NC(=O)c1cc2cc(C#N)ccc2[nH]1)c1cnn(C)c1. The molecule has 1 amide bonds. The third kappa shape index (κ3) is 2.17. The minimum atomic E-state index is -0.333. The van der Waals surface area contributed by atoms with Crippen LogP contribution < -0.4 is 5.32 Å². The fourth-order valence-corrected chi connectivity index (χ4v) is 3.32. The molecule has 0 spiro atoms. The second-order valence-corrected chi connectivity index (χ2v) is 6.53. The van der Waals surface area contributed by atoms with Gasteiger partial charge in [0.1, 0.15) is 5.69 Å². The Morgan fingerprint density at radius 2 is 2.29 bits per heavy atom. The lowest BCUT2D eigenvalue weighted by atomic mass is 10.1. The number of nitrogens with zero attached hydrogens (tertiary/aromatic N) is 3. The molecule has 0 saturated heterocycles. The number of hydrogen-bond acceptors (Lipinski definition) is 3. The van der Waals surface area contributed by atoms with Gasteiger partial charge in [-0.05, 0) is 36.6 Å². The highest BCUT2D eigenvalue weighted by atomic mass is 16.2. The Morgan fingerprint density at radius 1 is 1.50 bits per heavy atom. The monoisotopic (exact) mass is 319 g/mol. The zero-order valence-corrected chi connectivity index (χ0v) is 13.5. The summed E-state index contributed by atoms with van der Waals surface area (Å²) in [5.74, 6) is 0.234. The first-order valence-electron chi connectivity index (χ1n) is 7.86. The molecule has 2 heterocycles. The summed E-state index contributed by atoms with van der Waals surface area (Å²) in [7, 11) is 1.87. The van der Waals surface area contributed by atoms with Crippen LogP contribution >= 0.6 is 0 Å². The normalized spacial score (nSPS) is 22.3. The maximum Gasteiger partial charge on any atom is 0.268 e. The van der Waals surface area contributed by atoms with Gasteiger partial charge in [-0.2, -0.15) is 10.4 Å². The summed E-state index contributed by atoms with van der Waals surface area (Å²) in [6.07, 6.45) is 4.67. The zero-order valence-electron chi connectivity index (χ0n) is 13.5. The van der Waals surface area contributed by atoms with Crippen molar-refractivity contribution in [3.05, 3.63) is 53.5 Å². The summed E-state index contributed by atoms with van der Waals surface area (Å²) in [6.45, 7) is 2.12. The molecule has 6 nitrogen and oxygen atoms in total. The molecule has 1 saturated carbocycles. The van der Waals surface area contributed by atoms with E-state index in [1.807, 2.05) is 25.5 Å². The van der Waals surface area contributed by atoms with Crippen LogP contribution in [0.15, 0.2) is 36.7 Å². The van der Waals surface area contributed by atoms with Gasteiger partial charge < -0.3 is 10.3 Å². The predicted molar refractivity (Wildman–Crippen MR) is 89.1 cm³/mol. The molecule has 1 aromatic carbocycles. The number of amides is 1. The van der Waals surface area contributed by atoms with Crippen molar-refractivity contribution in [3.63, 3.8) is 0 Å². The smallest absolute Gasteiger partial charge is 0.268 e. The molecule has 0 aliphatic heterocycles. The van der Waals surface area contributed by atoms with E-state index in [9.17, 15) is 4.79 Å². The van der Waals surface area contributed by atoms with Crippen LogP contribution in [0.4, 0.5) is 0 Å². The molecule has 24 heavy (non-hydrogen) atoms. The van der Waals surface area contributed by atoms with Gasteiger partial charge in [-0.25, -0.2) is 0 Å². The van der Waals surface area contributed by atoms with E-state index in [1.54, 1.807) is 22.9 Å². The molecule has 0 bridgehead atoms. The van der Waals surface area contributed by atoms with Crippen molar-refractivity contribution in [3.8, 4) is 6.07 Å². The van der Waals surface area contributed by atoms with E-state index in [0.29, 0.717) is 17.2 Å². The van der Waals surface area contributed by atoms with Crippen molar-refractivity contribution < 1.29 is 4.79 Å². The van der Waals surface area contributed by atoms with Crippen LogP contribution in [-0.2, 0) is 12.6 Å². The number of aromatic amines is 1. The molecular formula is C18H17N5O. The fraction of sp³-hybridized carbons (Fsp3) is 0.278. The summed E-state index contributed by atoms with van der Waals surface area (Å²) in [4.78, 5) is 15.8. The van der Waals surface area contributed by atoms with Gasteiger partial charge in [0.25, 0.3) is 5.91 Å². The number of H-pyrrole nitrogens is 1. The standard InChI is InChI=1S/C18H17N5O/c1-11-7-18(11,14-9-20-23(2)10-14)22-17(24)16-6-13-5-12(8-19)3-4-15(13)21-16/h3-6,9-11,21H,7H2,1-2H3,(H,22,24)/t11-,18-/m1/s1. The average Bonchev–Trinajstić information content (AvgIpc) is 2.96. The Kier molecular flexibility index (Phi) is 3.00. The highest BCUT2D eigenvalue weighted by Gasteiger charge is 2.54. The van der Waals surface area contributed by atoms with Gasteiger partial charge in [0.2, 0.25) is 0 Å². The molecule has 120 valence electrons. The number of nitrogens with one attached hydrogen (secondary N) is 2. The molecule has 2 atom stereocenters. The highest BCUT2D eigenvalue weighted by molar-refractivity contribution is 5.98. The Balaban J connectivity index is 1.63. The minimum absolute atomic E-state index is 0.141. The third-order valence-corrected chi connectivity index (χ3v) is 4.86. The summed E-state index contributed by atoms with van der Waals surface area (Å²) in [5, 5.41) is 17.2. The van der Waals surface area contributed by atoms with Gasteiger partial charge in [0.15, 0.2) is 0 Å². The lowest BCUT2D eigenvalue weighted by molar-refractivity contribution is 0.0923. The number of benzene rings is 1. The van der Waals surface area contributed by atoms with Crippen LogP contribution in [0.5, 0.6) is 0 Å². The van der Waals surface area contributed by atoms with E-state index >= 15 is 0 Å². The van der Waals surface area contributed by atoms with E-state index in [4.69, 9.17) is 5.26 Å². The van der Waals surface area contributed by atoms with Gasteiger partial charge in [0, 0.05) is 29.7 Å². The van der Waals surface area contributed by atoms with E-state index in [0.717, 1.165) is 22.9 Å². The molecule has 0 unspecified atom stereocenters.